The largest absolute Gasteiger partial charge is 0.495 e. The number of anilines is 1. The van der Waals surface area contributed by atoms with Gasteiger partial charge in [0.15, 0.2) is 0 Å². The zero-order chi connectivity index (χ0) is 21.6. The zero-order valence-electron chi connectivity index (χ0n) is 17.6. The Hall–Kier alpha value is -2.78. The first kappa shape index (κ1) is 20.5. The molecule has 1 saturated heterocycles. The number of fused-ring (bicyclic) bond motifs is 1. The lowest BCUT2D eigenvalue weighted by atomic mass is 10.2. The molecule has 1 aromatic heterocycles. The highest BCUT2D eigenvalue weighted by Crippen LogP contribution is 2.30. The Morgan fingerprint density at radius 1 is 0.933 bits per heavy atom. The number of ether oxygens (including phenoxy) is 1. The SMILES string of the molecule is COc1ccccc1N1CCN(S(=O)(=O)c2cc3c(cc2C)n(C)c(=O)n3C)CC1. The maximum absolute atomic E-state index is 13.4. The first-order valence-corrected chi connectivity index (χ1v) is 11.2. The van der Waals surface area contributed by atoms with E-state index < -0.39 is 10.0 Å². The quantitative estimate of drug-likeness (QED) is 0.630. The predicted octanol–water partition coefficient (Wildman–Crippen LogP) is 1.70. The fourth-order valence-electron chi connectivity index (χ4n) is 4.11. The van der Waals surface area contributed by atoms with Crippen LogP contribution in [0.4, 0.5) is 5.69 Å². The van der Waals surface area contributed by atoms with Gasteiger partial charge in [0, 0.05) is 40.3 Å². The molecular formula is C21H26N4O4S. The predicted molar refractivity (Wildman–Crippen MR) is 117 cm³/mol. The van der Waals surface area contributed by atoms with Gasteiger partial charge in [0.1, 0.15) is 5.75 Å². The van der Waals surface area contributed by atoms with Crippen LogP contribution in [0.3, 0.4) is 0 Å². The number of sulfonamides is 1. The number of hydrogen-bond acceptors (Lipinski definition) is 5. The van der Waals surface area contributed by atoms with Crippen molar-refractivity contribution in [1.29, 1.82) is 0 Å². The van der Waals surface area contributed by atoms with Crippen LogP contribution in [-0.4, -0.2) is 55.1 Å². The van der Waals surface area contributed by atoms with Gasteiger partial charge in [-0.25, -0.2) is 13.2 Å². The van der Waals surface area contributed by atoms with Crippen molar-refractivity contribution in [1.82, 2.24) is 13.4 Å². The summed E-state index contributed by atoms with van der Waals surface area (Å²) in [4.78, 5) is 14.6. The Morgan fingerprint density at radius 2 is 1.53 bits per heavy atom. The van der Waals surface area contributed by atoms with Crippen molar-refractivity contribution in [3.63, 3.8) is 0 Å². The van der Waals surface area contributed by atoms with E-state index in [9.17, 15) is 13.2 Å². The van der Waals surface area contributed by atoms with E-state index in [0.29, 0.717) is 37.3 Å². The summed E-state index contributed by atoms with van der Waals surface area (Å²) < 4.78 is 36.8. The molecule has 0 radical (unpaired) electrons. The number of nitrogens with zero attached hydrogens (tertiary/aromatic N) is 4. The average Bonchev–Trinajstić information content (AvgIpc) is 2.96. The Labute approximate surface area is 175 Å². The highest BCUT2D eigenvalue weighted by molar-refractivity contribution is 7.89. The molecule has 0 unspecified atom stereocenters. The molecule has 1 aliphatic heterocycles. The third kappa shape index (κ3) is 3.18. The monoisotopic (exact) mass is 430 g/mol. The van der Waals surface area contributed by atoms with E-state index in [4.69, 9.17) is 4.74 Å². The Bertz CT molecular complexity index is 1270. The molecular weight excluding hydrogens is 404 g/mol. The molecule has 1 fully saturated rings. The highest BCUT2D eigenvalue weighted by atomic mass is 32.2. The van der Waals surface area contributed by atoms with Crippen LogP contribution in [0.15, 0.2) is 46.1 Å². The molecule has 0 aliphatic carbocycles. The van der Waals surface area contributed by atoms with Crippen molar-refractivity contribution in [3.8, 4) is 5.75 Å². The van der Waals surface area contributed by atoms with E-state index in [2.05, 4.69) is 4.90 Å². The van der Waals surface area contributed by atoms with Crippen molar-refractivity contribution in [3.05, 3.63) is 52.4 Å². The summed E-state index contributed by atoms with van der Waals surface area (Å²) in [6.45, 7) is 3.68. The molecule has 0 spiro atoms. The molecule has 8 nitrogen and oxygen atoms in total. The summed E-state index contributed by atoms with van der Waals surface area (Å²) in [5, 5.41) is 0. The molecule has 0 atom stereocenters. The summed E-state index contributed by atoms with van der Waals surface area (Å²) >= 11 is 0. The second-order valence-corrected chi connectivity index (χ2v) is 9.48. The van der Waals surface area contributed by atoms with Gasteiger partial charge in [0.2, 0.25) is 10.0 Å². The third-order valence-electron chi connectivity index (χ3n) is 5.85. The van der Waals surface area contributed by atoms with Crippen LogP contribution < -0.4 is 15.3 Å². The molecule has 3 aromatic rings. The number of aromatic nitrogens is 2. The van der Waals surface area contributed by atoms with Gasteiger partial charge < -0.3 is 9.64 Å². The summed E-state index contributed by atoms with van der Waals surface area (Å²) in [7, 11) is 1.30. The smallest absolute Gasteiger partial charge is 0.328 e. The molecule has 0 N–H and O–H groups in total. The maximum Gasteiger partial charge on any atom is 0.328 e. The molecule has 30 heavy (non-hydrogen) atoms. The maximum atomic E-state index is 13.4. The van der Waals surface area contributed by atoms with E-state index >= 15 is 0 Å². The van der Waals surface area contributed by atoms with Gasteiger partial charge in [-0.05, 0) is 36.8 Å². The number of hydrogen-bond donors (Lipinski definition) is 0. The van der Waals surface area contributed by atoms with E-state index in [1.165, 1.54) is 13.4 Å². The number of piperazine rings is 1. The second kappa shape index (κ2) is 7.48. The lowest BCUT2D eigenvalue weighted by molar-refractivity contribution is 0.378. The molecule has 160 valence electrons. The minimum atomic E-state index is -3.68. The van der Waals surface area contributed by atoms with Crippen molar-refractivity contribution in [2.24, 2.45) is 14.1 Å². The van der Waals surface area contributed by atoms with Crippen molar-refractivity contribution in [2.45, 2.75) is 11.8 Å². The Kier molecular flexibility index (Phi) is 5.11. The van der Waals surface area contributed by atoms with Crippen LogP contribution in [0.25, 0.3) is 11.0 Å². The van der Waals surface area contributed by atoms with Gasteiger partial charge in [-0.2, -0.15) is 4.31 Å². The minimum Gasteiger partial charge on any atom is -0.495 e. The number of benzene rings is 2. The first-order chi connectivity index (χ1) is 14.3. The molecule has 0 saturated carbocycles. The third-order valence-corrected chi connectivity index (χ3v) is 7.89. The molecule has 4 rings (SSSR count). The molecule has 9 heteroatoms. The van der Waals surface area contributed by atoms with Crippen molar-refractivity contribution >= 4 is 26.7 Å². The number of methoxy groups -OCH3 is 1. The van der Waals surface area contributed by atoms with Gasteiger partial charge in [0.05, 0.1) is 28.7 Å². The topological polar surface area (TPSA) is 76.8 Å². The van der Waals surface area contributed by atoms with E-state index in [1.807, 2.05) is 24.3 Å². The average molecular weight is 431 g/mol. The summed E-state index contributed by atoms with van der Waals surface area (Å²) in [5.74, 6) is 0.778. The molecule has 2 heterocycles. The number of aryl methyl sites for hydroxylation is 3. The van der Waals surface area contributed by atoms with E-state index in [-0.39, 0.29) is 10.6 Å². The molecule has 1 aliphatic rings. The summed E-state index contributed by atoms with van der Waals surface area (Å²) in [6, 6.07) is 11.1. The lowest BCUT2D eigenvalue weighted by Gasteiger charge is -2.36. The summed E-state index contributed by atoms with van der Waals surface area (Å²) in [6.07, 6.45) is 0. The standard InChI is InChI=1S/C21H26N4O4S/c1-15-13-17-18(23(3)21(26)22(17)2)14-20(15)30(27,28)25-11-9-24(10-12-25)16-7-5-6-8-19(16)29-4/h5-8,13-14H,9-12H2,1-4H3. The Morgan fingerprint density at radius 3 is 2.17 bits per heavy atom. The first-order valence-electron chi connectivity index (χ1n) is 9.80. The molecule has 0 bridgehead atoms. The van der Waals surface area contributed by atoms with Gasteiger partial charge in [0.25, 0.3) is 0 Å². The van der Waals surface area contributed by atoms with Gasteiger partial charge in [-0.3, -0.25) is 9.13 Å². The zero-order valence-corrected chi connectivity index (χ0v) is 18.4. The van der Waals surface area contributed by atoms with Crippen molar-refractivity contribution < 1.29 is 13.2 Å². The fourth-order valence-corrected chi connectivity index (χ4v) is 5.76. The van der Waals surface area contributed by atoms with Crippen LogP contribution in [-0.2, 0) is 24.1 Å². The van der Waals surface area contributed by atoms with Crippen molar-refractivity contribution in [2.75, 3.05) is 38.2 Å². The van der Waals surface area contributed by atoms with Gasteiger partial charge >= 0.3 is 5.69 Å². The normalized spacial score (nSPS) is 15.7. The number of para-hydroxylation sites is 2. The van der Waals surface area contributed by atoms with Crippen LogP contribution >= 0.6 is 0 Å². The highest BCUT2D eigenvalue weighted by Gasteiger charge is 2.31. The van der Waals surface area contributed by atoms with Crippen LogP contribution in [0, 0.1) is 6.92 Å². The van der Waals surface area contributed by atoms with Crippen LogP contribution in [0.1, 0.15) is 5.56 Å². The van der Waals surface area contributed by atoms with Crippen LogP contribution in [0.5, 0.6) is 5.75 Å². The van der Waals surface area contributed by atoms with E-state index in [1.54, 1.807) is 40.3 Å². The van der Waals surface area contributed by atoms with E-state index in [0.717, 1.165) is 17.0 Å². The second-order valence-electron chi connectivity index (χ2n) is 7.57. The minimum absolute atomic E-state index is 0.177. The molecule has 0 amide bonds. The van der Waals surface area contributed by atoms with Crippen LogP contribution in [0.2, 0.25) is 0 Å². The van der Waals surface area contributed by atoms with Gasteiger partial charge in [-0.15, -0.1) is 0 Å². The Balaban J connectivity index is 1.63. The van der Waals surface area contributed by atoms with Gasteiger partial charge in [-0.1, -0.05) is 12.1 Å². The fraction of sp³-hybridized carbons (Fsp3) is 0.381. The number of rotatable bonds is 4. The molecule has 2 aromatic carbocycles. The number of imidazole rings is 1. The summed E-state index contributed by atoms with van der Waals surface area (Å²) in [5.41, 5.74) is 2.76. The lowest BCUT2D eigenvalue weighted by Crippen LogP contribution is -2.48.